The first kappa shape index (κ1) is 21.8. The number of halogens is 1. The van der Waals surface area contributed by atoms with Crippen LogP contribution >= 0.6 is 11.6 Å². The van der Waals surface area contributed by atoms with Gasteiger partial charge < -0.3 is 18.5 Å². The maximum absolute atomic E-state index is 12.9. The van der Waals surface area contributed by atoms with E-state index in [2.05, 4.69) is 0 Å². The molecule has 0 radical (unpaired) electrons. The van der Waals surface area contributed by atoms with Gasteiger partial charge in [-0.15, -0.1) is 0 Å². The third kappa shape index (κ3) is 4.31. The van der Waals surface area contributed by atoms with Crippen LogP contribution in [0.2, 0.25) is 5.02 Å². The van der Waals surface area contributed by atoms with Crippen LogP contribution in [0.5, 0.6) is 0 Å². The molecule has 1 aliphatic rings. The van der Waals surface area contributed by atoms with Crippen LogP contribution in [0.4, 0.5) is 0 Å². The fourth-order valence-corrected chi connectivity index (χ4v) is 4.65. The Morgan fingerprint density at radius 2 is 1.88 bits per heavy atom. The topological polar surface area (TPSA) is 53.6 Å². The molecule has 6 heteroatoms. The van der Waals surface area contributed by atoms with Gasteiger partial charge in [-0.05, 0) is 43.9 Å². The second kappa shape index (κ2) is 9.46. The van der Waals surface area contributed by atoms with Gasteiger partial charge in [0.25, 0.3) is 0 Å². The van der Waals surface area contributed by atoms with Crippen molar-refractivity contribution < 1.29 is 18.7 Å². The molecule has 1 aliphatic heterocycles. The molecule has 2 aromatic carbocycles. The summed E-state index contributed by atoms with van der Waals surface area (Å²) in [6.07, 6.45) is 3.19. The molecule has 170 valence electrons. The van der Waals surface area contributed by atoms with Gasteiger partial charge in [0.15, 0.2) is 5.58 Å². The van der Waals surface area contributed by atoms with Crippen molar-refractivity contribution >= 4 is 28.7 Å². The molecule has 0 bridgehead atoms. The smallest absolute Gasteiger partial charge is 0.355 e. The molecule has 3 heterocycles. The van der Waals surface area contributed by atoms with Gasteiger partial charge in [0.05, 0.1) is 23.8 Å². The first-order valence-electron chi connectivity index (χ1n) is 11.4. The average molecular weight is 464 g/mol. The van der Waals surface area contributed by atoms with Crippen molar-refractivity contribution in [3.05, 3.63) is 71.4 Å². The van der Waals surface area contributed by atoms with Crippen molar-refractivity contribution in [2.75, 3.05) is 13.2 Å². The summed E-state index contributed by atoms with van der Waals surface area (Å²) in [5.41, 5.74) is 4.87. The predicted molar refractivity (Wildman–Crippen MR) is 130 cm³/mol. The Bertz CT molecular complexity index is 1250. The molecular weight excluding hydrogens is 438 g/mol. The normalized spacial score (nSPS) is 16.2. The molecule has 2 aromatic heterocycles. The monoisotopic (exact) mass is 463 g/mol. The number of rotatable bonds is 6. The molecule has 0 N–H and O–H groups in total. The van der Waals surface area contributed by atoms with Gasteiger partial charge in [-0.3, -0.25) is 0 Å². The Morgan fingerprint density at radius 3 is 2.58 bits per heavy atom. The lowest BCUT2D eigenvalue weighted by Crippen LogP contribution is -2.26. The van der Waals surface area contributed by atoms with Crippen molar-refractivity contribution in [1.82, 2.24) is 4.57 Å². The van der Waals surface area contributed by atoms with Crippen LogP contribution in [0.25, 0.3) is 33.6 Å². The molecule has 1 fully saturated rings. The van der Waals surface area contributed by atoms with E-state index in [-0.39, 0.29) is 12.1 Å². The Balaban J connectivity index is 1.75. The Labute approximate surface area is 197 Å². The zero-order valence-corrected chi connectivity index (χ0v) is 19.3. The SMILES string of the molecule is CCOC(=O)c1cc2oc(-c3ccccc3)c(-c3ccc(Cl)cc3)c2n1CC1CCCCO1. The fraction of sp³-hybridized carbons (Fsp3) is 0.296. The summed E-state index contributed by atoms with van der Waals surface area (Å²) in [5, 5.41) is 0.665. The Hall–Kier alpha value is -3.02. The highest BCUT2D eigenvalue weighted by Crippen LogP contribution is 2.43. The number of ether oxygens (including phenoxy) is 2. The number of hydrogen-bond acceptors (Lipinski definition) is 4. The zero-order chi connectivity index (χ0) is 22.8. The molecule has 5 nitrogen and oxygen atoms in total. The minimum Gasteiger partial charge on any atom is -0.461 e. The second-order valence-corrected chi connectivity index (χ2v) is 8.68. The summed E-state index contributed by atoms with van der Waals surface area (Å²) in [5.74, 6) is 0.402. The van der Waals surface area contributed by atoms with Crippen LogP contribution in [-0.4, -0.2) is 29.9 Å². The van der Waals surface area contributed by atoms with E-state index in [1.165, 1.54) is 0 Å². The van der Waals surface area contributed by atoms with Crippen molar-refractivity contribution in [3.8, 4) is 22.5 Å². The van der Waals surface area contributed by atoms with Crippen LogP contribution in [0.3, 0.4) is 0 Å². The fourth-order valence-electron chi connectivity index (χ4n) is 4.52. The molecule has 1 atom stereocenters. The van der Waals surface area contributed by atoms with E-state index in [4.69, 9.17) is 25.5 Å². The van der Waals surface area contributed by atoms with Crippen molar-refractivity contribution in [3.63, 3.8) is 0 Å². The maximum atomic E-state index is 12.9. The molecule has 5 rings (SSSR count). The molecule has 0 spiro atoms. The zero-order valence-electron chi connectivity index (χ0n) is 18.6. The highest BCUT2D eigenvalue weighted by Gasteiger charge is 2.28. The number of fused-ring (bicyclic) bond motifs is 1. The van der Waals surface area contributed by atoms with Crippen LogP contribution in [0.15, 0.2) is 65.1 Å². The van der Waals surface area contributed by atoms with Gasteiger partial charge in [0, 0.05) is 29.8 Å². The summed E-state index contributed by atoms with van der Waals surface area (Å²) in [6.45, 7) is 3.43. The van der Waals surface area contributed by atoms with Crippen molar-refractivity contribution in [1.29, 1.82) is 0 Å². The van der Waals surface area contributed by atoms with E-state index >= 15 is 0 Å². The van der Waals surface area contributed by atoms with Gasteiger partial charge in [0.2, 0.25) is 0 Å². The molecular formula is C27H26ClNO4. The molecule has 0 aliphatic carbocycles. The Kier molecular flexibility index (Phi) is 6.25. The van der Waals surface area contributed by atoms with E-state index in [9.17, 15) is 4.79 Å². The first-order valence-corrected chi connectivity index (χ1v) is 11.8. The van der Waals surface area contributed by atoms with Crippen LogP contribution < -0.4 is 0 Å². The number of nitrogens with zero attached hydrogens (tertiary/aromatic N) is 1. The first-order chi connectivity index (χ1) is 16.2. The molecule has 1 saturated heterocycles. The molecule has 33 heavy (non-hydrogen) atoms. The quantitative estimate of drug-likeness (QED) is 0.290. The molecule has 1 unspecified atom stereocenters. The Morgan fingerprint density at radius 1 is 1.09 bits per heavy atom. The minimum absolute atomic E-state index is 0.0377. The third-order valence-corrected chi connectivity index (χ3v) is 6.30. The average Bonchev–Trinajstić information content (AvgIpc) is 3.38. The van der Waals surface area contributed by atoms with Gasteiger partial charge in [-0.2, -0.15) is 0 Å². The van der Waals surface area contributed by atoms with Crippen LogP contribution in [-0.2, 0) is 16.0 Å². The number of aromatic nitrogens is 1. The van der Waals surface area contributed by atoms with Crippen molar-refractivity contribution in [2.24, 2.45) is 0 Å². The predicted octanol–water partition coefficient (Wildman–Crippen LogP) is 6.97. The van der Waals surface area contributed by atoms with Gasteiger partial charge in [-0.1, -0.05) is 54.1 Å². The number of hydrogen-bond donors (Lipinski definition) is 0. The number of carbonyl (C=O) groups is 1. The van der Waals surface area contributed by atoms with Gasteiger partial charge in [-0.25, -0.2) is 4.79 Å². The van der Waals surface area contributed by atoms with E-state index in [0.717, 1.165) is 53.8 Å². The summed E-state index contributed by atoms with van der Waals surface area (Å²) in [6, 6.07) is 19.5. The van der Waals surface area contributed by atoms with Gasteiger partial charge in [0.1, 0.15) is 11.5 Å². The second-order valence-electron chi connectivity index (χ2n) is 8.24. The van der Waals surface area contributed by atoms with Gasteiger partial charge >= 0.3 is 5.97 Å². The number of benzene rings is 2. The standard InChI is InChI=1S/C27H26ClNO4/c1-2-31-27(30)22-16-23-25(29(22)17-21-10-6-7-15-32-21)24(18-11-13-20(28)14-12-18)26(33-23)19-8-4-3-5-9-19/h3-5,8-9,11-14,16,21H,2,6-7,10,15,17H2,1H3. The van der Waals surface area contributed by atoms with E-state index < -0.39 is 0 Å². The van der Waals surface area contributed by atoms with Crippen LogP contribution in [0.1, 0.15) is 36.7 Å². The lowest BCUT2D eigenvalue weighted by atomic mass is 10.0. The highest BCUT2D eigenvalue weighted by molar-refractivity contribution is 6.30. The summed E-state index contributed by atoms with van der Waals surface area (Å²) in [7, 11) is 0. The highest BCUT2D eigenvalue weighted by atomic mass is 35.5. The number of furan rings is 1. The largest absolute Gasteiger partial charge is 0.461 e. The van der Waals surface area contributed by atoms with Crippen LogP contribution in [0, 0.1) is 0 Å². The number of esters is 1. The number of carbonyl (C=O) groups excluding carboxylic acids is 1. The summed E-state index contributed by atoms with van der Waals surface area (Å²) >= 11 is 6.18. The van der Waals surface area contributed by atoms with E-state index in [1.54, 1.807) is 6.07 Å². The van der Waals surface area contributed by atoms with E-state index in [0.29, 0.717) is 29.5 Å². The maximum Gasteiger partial charge on any atom is 0.355 e. The third-order valence-electron chi connectivity index (χ3n) is 6.05. The lowest BCUT2D eigenvalue weighted by Gasteiger charge is -2.24. The minimum atomic E-state index is -0.358. The summed E-state index contributed by atoms with van der Waals surface area (Å²) in [4.78, 5) is 12.9. The van der Waals surface area contributed by atoms with E-state index in [1.807, 2.05) is 66.1 Å². The van der Waals surface area contributed by atoms with Crippen molar-refractivity contribution in [2.45, 2.75) is 38.8 Å². The molecule has 0 saturated carbocycles. The molecule has 4 aromatic rings. The lowest BCUT2D eigenvalue weighted by molar-refractivity contribution is 0.00586. The molecule has 0 amide bonds. The summed E-state index contributed by atoms with van der Waals surface area (Å²) < 4.78 is 19.8.